The highest BCUT2D eigenvalue weighted by molar-refractivity contribution is 9.10. The zero-order valence-electron chi connectivity index (χ0n) is 11.0. The maximum Gasteiger partial charge on any atom is 0.122 e. The summed E-state index contributed by atoms with van der Waals surface area (Å²) in [7, 11) is 0. The number of rotatable bonds is 8. The predicted molar refractivity (Wildman–Crippen MR) is 79.3 cm³/mol. The average Bonchev–Trinajstić information content (AvgIpc) is 3.16. The van der Waals surface area contributed by atoms with Crippen molar-refractivity contribution < 1.29 is 4.74 Å². The molecule has 1 aliphatic carbocycles. The minimum absolute atomic E-state index is 0.734. The van der Waals surface area contributed by atoms with Crippen LogP contribution < -0.4 is 10.1 Å². The van der Waals surface area contributed by atoms with Crippen LogP contribution in [0.5, 0.6) is 5.75 Å². The second-order valence-corrected chi connectivity index (χ2v) is 5.79. The lowest BCUT2D eigenvalue weighted by atomic mass is 10.1. The highest BCUT2D eigenvalue weighted by Gasteiger charge is 2.19. The van der Waals surface area contributed by atoms with Crippen LogP contribution in [0.3, 0.4) is 0 Å². The first-order chi connectivity index (χ1) is 8.79. The standard InChI is InChI=1S/C15H22BrNO/c1-2-18-15-9-6-13(16)11-12(15)5-3-4-10-17-14-7-8-14/h6,9,11,14,17H,2-5,7-8,10H2,1H3. The van der Waals surface area contributed by atoms with E-state index in [1.807, 2.05) is 13.0 Å². The van der Waals surface area contributed by atoms with Gasteiger partial charge in [0.2, 0.25) is 0 Å². The van der Waals surface area contributed by atoms with Gasteiger partial charge < -0.3 is 10.1 Å². The molecule has 1 saturated carbocycles. The summed E-state index contributed by atoms with van der Waals surface area (Å²) >= 11 is 3.53. The van der Waals surface area contributed by atoms with E-state index in [4.69, 9.17) is 4.74 Å². The highest BCUT2D eigenvalue weighted by atomic mass is 79.9. The minimum atomic E-state index is 0.734. The van der Waals surface area contributed by atoms with Crippen LogP contribution in [0.4, 0.5) is 0 Å². The van der Waals surface area contributed by atoms with Crippen LogP contribution in [-0.4, -0.2) is 19.2 Å². The first-order valence-electron chi connectivity index (χ1n) is 6.94. The number of ether oxygens (including phenoxy) is 1. The van der Waals surface area contributed by atoms with Crippen LogP contribution in [0, 0.1) is 0 Å². The van der Waals surface area contributed by atoms with Crippen LogP contribution in [0.1, 0.15) is 38.2 Å². The molecule has 0 heterocycles. The number of aryl methyl sites for hydroxylation is 1. The Kier molecular flexibility index (Phi) is 5.51. The van der Waals surface area contributed by atoms with E-state index in [1.165, 1.54) is 31.2 Å². The Morgan fingerprint density at radius 1 is 1.33 bits per heavy atom. The fourth-order valence-electron chi connectivity index (χ4n) is 2.07. The Labute approximate surface area is 118 Å². The van der Waals surface area contributed by atoms with Crippen molar-refractivity contribution in [3.05, 3.63) is 28.2 Å². The van der Waals surface area contributed by atoms with E-state index in [0.29, 0.717) is 0 Å². The van der Waals surface area contributed by atoms with Crippen LogP contribution in [0.25, 0.3) is 0 Å². The van der Waals surface area contributed by atoms with Gasteiger partial charge in [-0.1, -0.05) is 15.9 Å². The van der Waals surface area contributed by atoms with Crippen LogP contribution in [-0.2, 0) is 6.42 Å². The molecule has 0 saturated heterocycles. The normalized spacial score (nSPS) is 14.8. The molecule has 2 nitrogen and oxygen atoms in total. The highest BCUT2D eigenvalue weighted by Crippen LogP contribution is 2.25. The van der Waals surface area contributed by atoms with Gasteiger partial charge >= 0.3 is 0 Å². The summed E-state index contributed by atoms with van der Waals surface area (Å²) in [6, 6.07) is 7.11. The summed E-state index contributed by atoms with van der Waals surface area (Å²) in [5, 5.41) is 3.55. The first kappa shape index (κ1) is 13.9. The molecule has 0 aliphatic heterocycles. The largest absolute Gasteiger partial charge is 0.494 e. The Bertz CT molecular complexity index is 377. The second kappa shape index (κ2) is 7.15. The molecule has 1 aliphatic rings. The van der Waals surface area contributed by atoms with Gasteiger partial charge in [-0.05, 0) is 69.3 Å². The van der Waals surface area contributed by atoms with Crippen molar-refractivity contribution in [3.8, 4) is 5.75 Å². The minimum Gasteiger partial charge on any atom is -0.494 e. The van der Waals surface area contributed by atoms with Crippen molar-refractivity contribution in [2.45, 2.75) is 45.1 Å². The van der Waals surface area contributed by atoms with Crippen molar-refractivity contribution in [1.29, 1.82) is 0 Å². The topological polar surface area (TPSA) is 21.3 Å². The summed E-state index contributed by atoms with van der Waals surface area (Å²) in [6.45, 7) is 3.92. The van der Waals surface area contributed by atoms with Gasteiger partial charge in [-0.15, -0.1) is 0 Å². The summed E-state index contributed by atoms with van der Waals surface area (Å²) in [6.07, 6.45) is 6.31. The van der Waals surface area contributed by atoms with E-state index < -0.39 is 0 Å². The van der Waals surface area contributed by atoms with Crippen molar-refractivity contribution >= 4 is 15.9 Å². The fraction of sp³-hybridized carbons (Fsp3) is 0.600. The molecule has 0 bridgehead atoms. The van der Waals surface area contributed by atoms with Gasteiger partial charge in [0, 0.05) is 10.5 Å². The molecule has 0 amide bonds. The molecule has 2 rings (SSSR count). The number of hydrogen-bond acceptors (Lipinski definition) is 2. The smallest absolute Gasteiger partial charge is 0.122 e. The van der Waals surface area contributed by atoms with E-state index in [2.05, 4.69) is 33.4 Å². The molecule has 18 heavy (non-hydrogen) atoms. The van der Waals surface area contributed by atoms with Crippen molar-refractivity contribution in [3.63, 3.8) is 0 Å². The van der Waals surface area contributed by atoms with Crippen LogP contribution in [0.2, 0.25) is 0 Å². The number of hydrogen-bond donors (Lipinski definition) is 1. The first-order valence-corrected chi connectivity index (χ1v) is 7.73. The third kappa shape index (κ3) is 4.62. The van der Waals surface area contributed by atoms with Gasteiger partial charge in [0.15, 0.2) is 0 Å². The lowest BCUT2D eigenvalue weighted by Crippen LogP contribution is -2.17. The molecule has 0 unspecified atom stereocenters. The van der Waals surface area contributed by atoms with E-state index in [0.717, 1.165) is 35.8 Å². The number of benzene rings is 1. The molecule has 1 fully saturated rings. The maximum atomic E-state index is 5.66. The summed E-state index contributed by atoms with van der Waals surface area (Å²) in [4.78, 5) is 0. The Morgan fingerprint density at radius 2 is 2.17 bits per heavy atom. The molecular weight excluding hydrogens is 290 g/mol. The zero-order chi connectivity index (χ0) is 12.8. The third-order valence-corrected chi connectivity index (χ3v) is 3.70. The van der Waals surface area contributed by atoms with Gasteiger partial charge in [0.1, 0.15) is 5.75 Å². The van der Waals surface area contributed by atoms with Gasteiger partial charge in [-0.25, -0.2) is 0 Å². The Balaban J connectivity index is 1.76. The fourth-order valence-corrected chi connectivity index (χ4v) is 2.48. The number of halogens is 1. The third-order valence-electron chi connectivity index (χ3n) is 3.21. The van der Waals surface area contributed by atoms with Crippen LogP contribution >= 0.6 is 15.9 Å². The molecule has 1 N–H and O–H groups in total. The van der Waals surface area contributed by atoms with Crippen molar-refractivity contribution in [2.75, 3.05) is 13.2 Å². The number of nitrogens with one attached hydrogen (secondary N) is 1. The molecule has 3 heteroatoms. The van der Waals surface area contributed by atoms with E-state index >= 15 is 0 Å². The van der Waals surface area contributed by atoms with Gasteiger partial charge in [-0.3, -0.25) is 0 Å². The van der Waals surface area contributed by atoms with E-state index in [-0.39, 0.29) is 0 Å². The van der Waals surface area contributed by atoms with Crippen molar-refractivity contribution in [1.82, 2.24) is 5.32 Å². The Hall–Kier alpha value is -0.540. The van der Waals surface area contributed by atoms with Gasteiger partial charge in [0.05, 0.1) is 6.61 Å². The van der Waals surface area contributed by atoms with Gasteiger partial charge in [0.25, 0.3) is 0 Å². The molecule has 1 aromatic carbocycles. The summed E-state index contributed by atoms with van der Waals surface area (Å²) < 4.78 is 6.80. The lowest BCUT2D eigenvalue weighted by molar-refractivity contribution is 0.336. The maximum absolute atomic E-state index is 5.66. The second-order valence-electron chi connectivity index (χ2n) is 4.87. The SMILES string of the molecule is CCOc1ccc(Br)cc1CCCCNC1CC1. The summed E-state index contributed by atoms with van der Waals surface area (Å²) in [5.41, 5.74) is 1.32. The van der Waals surface area contributed by atoms with Gasteiger partial charge in [-0.2, -0.15) is 0 Å². The predicted octanol–water partition coefficient (Wildman–Crippen LogP) is 3.92. The molecule has 0 radical (unpaired) electrons. The quantitative estimate of drug-likeness (QED) is 0.735. The van der Waals surface area contributed by atoms with Crippen LogP contribution in [0.15, 0.2) is 22.7 Å². The molecular formula is C15H22BrNO. The molecule has 100 valence electrons. The molecule has 0 atom stereocenters. The number of unbranched alkanes of at least 4 members (excludes halogenated alkanes) is 1. The summed E-state index contributed by atoms with van der Waals surface area (Å²) in [5.74, 6) is 1.04. The Morgan fingerprint density at radius 3 is 2.89 bits per heavy atom. The molecule has 0 spiro atoms. The van der Waals surface area contributed by atoms with E-state index in [1.54, 1.807) is 0 Å². The molecule has 1 aromatic rings. The van der Waals surface area contributed by atoms with Crippen molar-refractivity contribution in [2.24, 2.45) is 0 Å². The zero-order valence-corrected chi connectivity index (χ0v) is 12.6. The molecule has 0 aromatic heterocycles. The monoisotopic (exact) mass is 311 g/mol. The lowest BCUT2D eigenvalue weighted by Gasteiger charge is -2.10. The average molecular weight is 312 g/mol. The van der Waals surface area contributed by atoms with E-state index in [9.17, 15) is 0 Å².